The third kappa shape index (κ3) is 7.64. The Balaban J connectivity index is 2.41. The largest absolute Gasteiger partial charge is 0.493 e. The second-order valence-electron chi connectivity index (χ2n) is 7.90. The first-order chi connectivity index (χ1) is 16.2. The van der Waals surface area contributed by atoms with Crippen LogP contribution in [0.15, 0.2) is 47.5 Å². The van der Waals surface area contributed by atoms with Crippen molar-refractivity contribution >= 4 is 35.2 Å². The second-order valence-corrected chi connectivity index (χ2v) is 8.34. The summed E-state index contributed by atoms with van der Waals surface area (Å²) >= 11 is 5.96. The number of nitrogens with two attached hydrogens (primary N) is 1. The first-order valence-electron chi connectivity index (χ1n) is 10.8. The van der Waals surface area contributed by atoms with E-state index in [4.69, 9.17) is 26.8 Å². The van der Waals surface area contributed by atoms with Crippen LogP contribution in [0.4, 0.5) is 10.5 Å². The number of hydrogen-bond donors (Lipinski definition) is 2. The normalized spacial score (nSPS) is 11.3. The molecule has 10 heteroatoms. The van der Waals surface area contributed by atoms with Gasteiger partial charge in [-0.2, -0.15) is 0 Å². The molecule has 0 saturated heterocycles. The van der Waals surface area contributed by atoms with Crippen molar-refractivity contribution in [2.75, 3.05) is 26.9 Å². The lowest BCUT2D eigenvalue weighted by atomic mass is 10.2. The number of carbonyl (C=O) groups is 2. The minimum absolute atomic E-state index is 0.0350. The summed E-state index contributed by atoms with van der Waals surface area (Å²) in [6.45, 7) is 5.32. The van der Waals surface area contributed by atoms with Gasteiger partial charge >= 0.3 is 6.03 Å². The number of hydrogen-bond acceptors (Lipinski definition) is 6. The number of aliphatic hydroxyl groups excluding tert-OH is 1. The Morgan fingerprint density at radius 2 is 1.79 bits per heavy atom. The number of halogens is 1. The lowest BCUT2D eigenvalue weighted by molar-refractivity contribution is -0.126. The number of rotatable bonds is 9. The zero-order valence-electron chi connectivity index (χ0n) is 19.8. The number of aliphatic imine (C=N–C) groups is 1. The molecule has 3 N–H and O–H groups in total. The fourth-order valence-electron chi connectivity index (χ4n) is 2.95. The van der Waals surface area contributed by atoms with Crippen LogP contribution < -0.4 is 15.2 Å². The van der Waals surface area contributed by atoms with Crippen molar-refractivity contribution in [3.63, 3.8) is 0 Å². The second kappa shape index (κ2) is 12.8. The molecule has 0 aliphatic heterocycles. The topological polar surface area (TPSA) is 118 Å². The Bertz CT molecular complexity index is 1010. The monoisotopic (exact) mass is 490 g/mol. The highest BCUT2D eigenvalue weighted by atomic mass is 35.5. The number of methoxy groups -OCH3 is 1. The van der Waals surface area contributed by atoms with E-state index in [2.05, 4.69) is 4.99 Å². The zero-order chi connectivity index (χ0) is 25.3. The highest BCUT2D eigenvalue weighted by Gasteiger charge is 2.27. The summed E-state index contributed by atoms with van der Waals surface area (Å²) in [6, 6.07) is 11.2. The molecule has 0 spiro atoms. The number of aliphatic hydroxyl groups is 1. The van der Waals surface area contributed by atoms with E-state index in [1.54, 1.807) is 42.5 Å². The Hall–Kier alpha value is -3.30. The van der Waals surface area contributed by atoms with Gasteiger partial charge in [0.1, 0.15) is 0 Å². The predicted octanol–water partition coefficient (Wildman–Crippen LogP) is 3.79. The Labute approximate surface area is 204 Å². The highest BCUT2D eigenvalue weighted by Crippen LogP contribution is 2.32. The number of urea groups is 1. The van der Waals surface area contributed by atoms with Crippen LogP contribution >= 0.6 is 11.6 Å². The molecule has 9 nitrogen and oxygen atoms in total. The van der Waals surface area contributed by atoms with Crippen molar-refractivity contribution in [3.05, 3.63) is 53.1 Å². The molecule has 0 unspecified atom stereocenters. The number of guanidine groups is 1. The number of benzene rings is 2. The minimum atomic E-state index is -0.707. The summed E-state index contributed by atoms with van der Waals surface area (Å²) in [6.07, 6.45) is 0. The molecular weight excluding hydrogens is 460 g/mol. The quantitative estimate of drug-likeness (QED) is 0.408. The van der Waals surface area contributed by atoms with Crippen LogP contribution in [0.25, 0.3) is 0 Å². The van der Waals surface area contributed by atoms with Crippen LogP contribution in [0, 0.1) is 5.92 Å². The third-order valence-corrected chi connectivity index (χ3v) is 4.91. The summed E-state index contributed by atoms with van der Waals surface area (Å²) in [5.74, 6) is 0.710. The van der Waals surface area contributed by atoms with Crippen molar-refractivity contribution in [3.8, 4) is 11.5 Å². The highest BCUT2D eigenvalue weighted by molar-refractivity contribution is 6.30. The number of carbonyl (C=O) groups excluding carboxylic acids is 2. The molecule has 0 radical (unpaired) electrons. The van der Waals surface area contributed by atoms with Crippen molar-refractivity contribution in [2.24, 2.45) is 16.6 Å². The number of ether oxygens (including phenoxy) is 2. The average molecular weight is 491 g/mol. The molecule has 34 heavy (non-hydrogen) atoms. The molecule has 184 valence electrons. The first kappa shape index (κ1) is 26.9. The van der Waals surface area contributed by atoms with Gasteiger partial charge in [0.15, 0.2) is 11.5 Å². The van der Waals surface area contributed by atoms with Crippen LogP contribution in [-0.2, 0) is 11.3 Å². The van der Waals surface area contributed by atoms with Crippen molar-refractivity contribution < 1.29 is 24.2 Å². The van der Waals surface area contributed by atoms with Crippen molar-refractivity contribution in [1.82, 2.24) is 9.80 Å². The SMILES string of the molecule is COc1cc(N=C(N)N(Cc2ccc(Cl)cc2)C(=O)N(CCO)C(C)=O)ccc1OCC(C)C. The van der Waals surface area contributed by atoms with Gasteiger partial charge in [-0.25, -0.2) is 9.79 Å². The van der Waals surface area contributed by atoms with E-state index in [1.165, 1.54) is 14.0 Å². The molecule has 0 aliphatic rings. The number of nitrogens with zero attached hydrogens (tertiary/aromatic N) is 3. The maximum atomic E-state index is 13.2. The zero-order valence-corrected chi connectivity index (χ0v) is 20.6. The van der Waals surface area contributed by atoms with Gasteiger partial charge in [-0.1, -0.05) is 37.6 Å². The van der Waals surface area contributed by atoms with Crippen LogP contribution in [0.3, 0.4) is 0 Å². The Morgan fingerprint density at radius 3 is 2.35 bits per heavy atom. The summed E-state index contributed by atoms with van der Waals surface area (Å²) in [5.41, 5.74) is 7.40. The number of imide groups is 1. The fourth-order valence-corrected chi connectivity index (χ4v) is 3.07. The first-order valence-corrected chi connectivity index (χ1v) is 11.1. The van der Waals surface area contributed by atoms with Crippen LogP contribution in [0.5, 0.6) is 11.5 Å². The van der Waals surface area contributed by atoms with E-state index in [-0.39, 0.29) is 25.7 Å². The molecule has 0 saturated carbocycles. The Morgan fingerprint density at radius 1 is 1.12 bits per heavy atom. The molecular formula is C24H31ClN4O5. The average Bonchev–Trinajstić information content (AvgIpc) is 2.80. The van der Waals surface area contributed by atoms with Gasteiger partial charge in [0.2, 0.25) is 11.9 Å². The van der Waals surface area contributed by atoms with E-state index >= 15 is 0 Å². The molecule has 0 fully saturated rings. The van der Waals surface area contributed by atoms with Gasteiger partial charge < -0.3 is 20.3 Å². The van der Waals surface area contributed by atoms with Gasteiger partial charge in [-0.15, -0.1) is 0 Å². The summed E-state index contributed by atoms with van der Waals surface area (Å²) in [4.78, 5) is 31.7. The third-order valence-electron chi connectivity index (χ3n) is 4.66. The fraction of sp³-hybridized carbons (Fsp3) is 0.375. The molecule has 0 heterocycles. The maximum Gasteiger partial charge on any atom is 0.333 e. The van der Waals surface area contributed by atoms with Gasteiger partial charge in [0, 0.05) is 18.0 Å². The van der Waals surface area contributed by atoms with Crippen LogP contribution in [-0.4, -0.2) is 59.7 Å². The van der Waals surface area contributed by atoms with Crippen molar-refractivity contribution in [1.29, 1.82) is 0 Å². The molecule has 0 atom stereocenters. The standard InChI is InChI=1S/C24H31ClN4O5/c1-16(2)15-34-21-10-9-20(13-22(21)33-4)27-23(26)29(14-18-5-7-19(25)8-6-18)24(32)28(11-12-30)17(3)31/h5-10,13,16,30H,11-12,14-15H2,1-4H3,(H2,26,27). The predicted molar refractivity (Wildman–Crippen MR) is 131 cm³/mol. The lowest BCUT2D eigenvalue weighted by Gasteiger charge is -2.28. The van der Waals surface area contributed by atoms with Gasteiger partial charge in [0.25, 0.3) is 0 Å². The molecule has 2 rings (SSSR count). The van der Waals surface area contributed by atoms with Crippen LogP contribution in [0.1, 0.15) is 26.3 Å². The molecule has 2 aromatic carbocycles. The minimum Gasteiger partial charge on any atom is -0.493 e. The molecule has 3 amide bonds. The van der Waals surface area contributed by atoms with Gasteiger partial charge in [0.05, 0.1) is 39.1 Å². The number of amides is 3. The molecule has 0 bridgehead atoms. The van der Waals surface area contributed by atoms with E-state index < -0.39 is 11.9 Å². The van der Waals surface area contributed by atoms with Crippen molar-refractivity contribution in [2.45, 2.75) is 27.3 Å². The summed E-state index contributed by atoms with van der Waals surface area (Å²) in [7, 11) is 1.52. The summed E-state index contributed by atoms with van der Waals surface area (Å²) in [5, 5.41) is 9.85. The molecule has 0 aliphatic carbocycles. The van der Waals surface area contributed by atoms with E-state index in [0.717, 1.165) is 15.4 Å². The molecule has 0 aromatic heterocycles. The lowest BCUT2D eigenvalue weighted by Crippen LogP contribution is -2.51. The van der Waals surface area contributed by atoms with Crippen LogP contribution in [0.2, 0.25) is 5.02 Å². The van der Waals surface area contributed by atoms with E-state index in [1.807, 2.05) is 13.8 Å². The Kier molecular flexibility index (Phi) is 10.2. The van der Waals surface area contributed by atoms with Gasteiger partial charge in [-0.3, -0.25) is 14.6 Å². The summed E-state index contributed by atoms with van der Waals surface area (Å²) < 4.78 is 11.2. The smallest absolute Gasteiger partial charge is 0.333 e. The maximum absolute atomic E-state index is 13.2. The molecule has 2 aromatic rings. The van der Waals surface area contributed by atoms with Gasteiger partial charge in [-0.05, 0) is 35.7 Å². The van der Waals surface area contributed by atoms with E-state index in [0.29, 0.717) is 34.7 Å². The van der Waals surface area contributed by atoms with E-state index in [9.17, 15) is 14.7 Å².